The average molecular weight is 250 g/mol. The Morgan fingerprint density at radius 1 is 1.40 bits per heavy atom. The Hall–Kier alpha value is -0.820. The molecule has 0 amide bonds. The zero-order valence-corrected chi connectivity index (χ0v) is 9.93. The summed E-state index contributed by atoms with van der Waals surface area (Å²) in [5, 5.41) is 1.45. The van der Waals surface area contributed by atoms with Crippen molar-refractivity contribution in [2.45, 2.75) is 4.90 Å². The highest BCUT2D eigenvalue weighted by atomic mass is 35.5. The van der Waals surface area contributed by atoms with Crippen molar-refractivity contribution in [3.05, 3.63) is 23.2 Å². The van der Waals surface area contributed by atoms with Gasteiger partial charge in [0.1, 0.15) is 4.90 Å². The minimum absolute atomic E-state index is 0.0298. The van der Waals surface area contributed by atoms with Gasteiger partial charge in [-0.1, -0.05) is 11.6 Å². The molecule has 0 saturated carbocycles. The fourth-order valence-corrected chi connectivity index (χ4v) is 2.63. The SMILES string of the molecule is CN(C)NS(=O)(=O)c1cc(N)ccc1Cl. The maximum Gasteiger partial charge on any atom is 0.254 e. The molecule has 0 radical (unpaired) electrons. The molecule has 0 heterocycles. The minimum atomic E-state index is -3.65. The second kappa shape index (κ2) is 4.36. The van der Waals surface area contributed by atoms with E-state index in [1.54, 1.807) is 14.1 Å². The zero-order chi connectivity index (χ0) is 11.6. The summed E-state index contributed by atoms with van der Waals surface area (Å²) in [5.74, 6) is 0. The van der Waals surface area contributed by atoms with E-state index < -0.39 is 10.0 Å². The quantitative estimate of drug-likeness (QED) is 0.610. The van der Waals surface area contributed by atoms with Crippen LogP contribution in [0.15, 0.2) is 23.1 Å². The third-order valence-electron chi connectivity index (χ3n) is 1.55. The molecule has 84 valence electrons. The first kappa shape index (κ1) is 12.3. The van der Waals surface area contributed by atoms with Gasteiger partial charge >= 0.3 is 0 Å². The Kier molecular flexibility index (Phi) is 3.56. The van der Waals surface area contributed by atoms with Crippen LogP contribution >= 0.6 is 11.6 Å². The van der Waals surface area contributed by atoms with Gasteiger partial charge in [0.2, 0.25) is 0 Å². The Morgan fingerprint density at radius 3 is 2.53 bits per heavy atom. The number of halogens is 1. The molecule has 0 fully saturated rings. The van der Waals surface area contributed by atoms with Crippen molar-refractivity contribution in [3.63, 3.8) is 0 Å². The summed E-state index contributed by atoms with van der Waals surface area (Å²) in [7, 11) is -0.514. The number of hydrazine groups is 1. The van der Waals surface area contributed by atoms with Gasteiger partial charge < -0.3 is 5.73 Å². The van der Waals surface area contributed by atoms with E-state index in [0.717, 1.165) is 0 Å². The fourth-order valence-electron chi connectivity index (χ4n) is 1.02. The Bertz CT molecular complexity index is 459. The van der Waals surface area contributed by atoms with Gasteiger partial charge in [0.15, 0.2) is 0 Å². The van der Waals surface area contributed by atoms with Crippen LogP contribution < -0.4 is 10.6 Å². The molecule has 7 heteroatoms. The third-order valence-corrected chi connectivity index (χ3v) is 3.51. The lowest BCUT2D eigenvalue weighted by atomic mass is 10.3. The summed E-state index contributed by atoms with van der Waals surface area (Å²) in [6.07, 6.45) is 0. The molecule has 0 saturated heterocycles. The number of hydrogen-bond donors (Lipinski definition) is 2. The smallest absolute Gasteiger partial charge is 0.254 e. The van der Waals surface area contributed by atoms with Crippen LogP contribution in [0.3, 0.4) is 0 Å². The number of anilines is 1. The lowest BCUT2D eigenvalue weighted by Crippen LogP contribution is -2.36. The largest absolute Gasteiger partial charge is 0.399 e. The third kappa shape index (κ3) is 3.07. The second-order valence-corrected chi connectivity index (χ2v) is 5.22. The molecule has 0 atom stereocenters. The Morgan fingerprint density at radius 2 is 2.00 bits per heavy atom. The molecular weight excluding hydrogens is 238 g/mol. The molecule has 0 unspecified atom stereocenters. The molecule has 0 bridgehead atoms. The monoisotopic (exact) mass is 249 g/mol. The number of sulfonamides is 1. The number of nitrogen functional groups attached to an aromatic ring is 1. The number of nitrogens with one attached hydrogen (secondary N) is 1. The van der Waals surface area contributed by atoms with Crippen LogP contribution in [0.2, 0.25) is 5.02 Å². The summed E-state index contributed by atoms with van der Waals surface area (Å²) in [6, 6.07) is 4.30. The van der Waals surface area contributed by atoms with E-state index in [4.69, 9.17) is 17.3 Å². The number of rotatable bonds is 3. The maximum atomic E-state index is 11.7. The van der Waals surface area contributed by atoms with E-state index in [2.05, 4.69) is 4.83 Å². The van der Waals surface area contributed by atoms with E-state index in [9.17, 15) is 8.42 Å². The van der Waals surface area contributed by atoms with Gasteiger partial charge in [-0.15, -0.1) is 4.83 Å². The van der Waals surface area contributed by atoms with Crippen LogP contribution in [0.5, 0.6) is 0 Å². The summed E-state index contributed by atoms with van der Waals surface area (Å²) in [5.41, 5.74) is 5.84. The number of hydrogen-bond acceptors (Lipinski definition) is 4. The van der Waals surface area contributed by atoms with Crippen LogP contribution in [0.25, 0.3) is 0 Å². The van der Waals surface area contributed by atoms with E-state index in [-0.39, 0.29) is 9.92 Å². The zero-order valence-electron chi connectivity index (χ0n) is 8.36. The first-order valence-corrected chi connectivity index (χ1v) is 5.94. The first-order valence-electron chi connectivity index (χ1n) is 4.08. The van der Waals surface area contributed by atoms with Crippen molar-refractivity contribution in [1.82, 2.24) is 9.84 Å². The van der Waals surface area contributed by atoms with E-state index in [1.807, 2.05) is 0 Å². The average Bonchev–Trinajstić information content (AvgIpc) is 2.06. The van der Waals surface area contributed by atoms with Crippen LogP contribution in [0, 0.1) is 0 Å². The molecule has 1 rings (SSSR count). The summed E-state index contributed by atoms with van der Waals surface area (Å²) in [4.78, 5) is 2.24. The van der Waals surface area contributed by atoms with Gasteiger partial charge in [0.25, 0.3) is 10.0 Å². The molecule has 0 aliphatic heterocycles. The predicted molar refractivity (Wildman–Crippen MR) is 59.9 cm³/mol. The highest BCUT2D eigenvalue weighted by molar-refractivity contribution is 7.89. The molecule has 15 heavy (non-hydrogen) atoms. The molecule has 0 spiro atoms. The fraction of sp³-hybridized carbons (Fsp3) is 0.250. The van der Waals surface area contributed by atoms with Crippen molar-refractivity contribution in [1.29, 1.82) is 0 Å². The van der Waals surface area contributed by atoms with Gasteiger partial charge in [-0.25, -0.2) is 13.4 Å². The standard InChI is InChI=1S/C8H12ClN3O2S/c1-12(2)11-15(13,14)8-5-6(10)3-4-7(8)9/h3-5,11H,10H2,1-2H3. The van der Waals surface area contributed by atoms with Crippen molar-refractivity contribution < 1.29 is 8.42 Å². The van der Waals surface area contributed by atoms with Crippen molar-refractivity contribution >= 4 is 27.3 Å². The number of benzene rings is 1. The molecular formula is C8H12ClN3O2S. The van der Waals surface area contributed by atoms with Gasteiger partial charge in [0.05, 0.1) is 5.02 Å². The Labute approximate surface area is 93.8 Å². The molecule has 0 aliphatic carbocycles. The predicted octanol–water partition coefficient (Wildman–Crippen LogP) is 0.677. The van der Waals surface area contributed by atoms with E-state index in [1.165, 1.54) is 23.2 Å². The van der Waals surface area contributed by atoms with E-state index >= 15 is 0 Å². The molecule has 1 aromatic carbocycles. The van der Waals surface area contributed by atoms with Gasteiger partial charge in [0, 0.05) is 19.8 Å². The molecule has 0 aliphatic rings. The van der Waals surface area contributed by atoms with Gasteiger partial charge in [-0.3, -0.25) is 0 Å². The lowest BCUT2D eigenvalue weighted by Gasteiger charge is -2.13. The highest BCUT2D eigenvalue weighted by Crippen LogP contribution is 2.23. The Balaban J connectivity index is 3.21. The van der Waals surface area contributed by atoms with Crippen molar-refractivity contribution in [2.75, 3.05) is 19.8 Å². The summed E-state index contributed by atoms with van der Waals surface area (Å²) < 4.78 is 23.4. The van der Waals surface area contributed by atoms with Crippen LogP contribution in [0.1, 0.15) is 0 Å². The van der Waals surface area contributed by atoms with Crippen LogP contribution in [0.4, 0.5) is 5.69 Å². The van der Waals surface area contributed by atoms with Gasteiger partial charge in [-0.05, 0) is 18.2 Å². The maximum absolute atomic E-state index is 11.7. The number of nitrogens with zero attached hydrogens (tertiary/aromatic N) is 1. The topological polar surface area (TPSA) is 75.4 Å². The molecule has 3 N–H and O–H groups in total. The second-order valence-electron chi connectivity index (χ2n) is 3.18. The normalized spacial score (nSPS) is 12.0. The van der Waals surface area contributed by atoms with Crippen LogP contribution in [-0.2, 0) is 10.0 Å². The van der Waals surface area contributed by atoms with Crippen molar-refractivity contribution in [2.24, 2.45) is 0 Å². The van der Waals surface area contributed by atoms with Crippen molar-refractivity contribution in [3.8, 4) is 0 Å². The summed E-state index contributed by atoms with van der Waals surface area (Å²) in [6.45, 7) is 0. The van der Waals surface area contributed by atoms with Crippen LogP contribution in [-0.4, -0.2) is 27.5 Å². The number of nitrogens with two attached hydrogens (primary N) is 1. The minimum Gasteiger partial charge on any atom is -0.399 e. The van der Waals surface area contributed by atoms with Gasteiger partial charge in [-0.2, -0.15) is 0 Å². The lowest BCUT2D eigenvalue weighted by molar-refractivity contribution is 0.364. The molecule has 0 aromatic heterocycles. The first-order chi connectivity index (χ1) is 6.83. The molecule has 1 aromatic rings. The highest BCUT2D eigenvalue weighted by Gasteiger charge is 2.18. The molecule has 5 nitrogen and oxygen atoms in total. The van der Waals surface area contributed by atoms with E-state index in [0.29, 0.717) is 5.69 Å². The summed E-state index contributed by atoms with van der Waals surface area (Å²) >= 11 is 5.77.